The maximum absolute atomic E-state index is 5.81. The normalized spacial score (nSPS) is 30.2. The molecule has 104 valence electrons. The third-order valence-electron chi connectivity index (χ3n) is 4.63. The van der Waals surface area contributed by atoms with E-state index in [9.17, 15) is 0 Å². The van der Waals surface area contributed by atoms with Gasteiger partial charge in [-0.2, -0.15) is 0 Å². The zero-order valence-corrected chi connectivity index (χ0v) is 11.8. The van der Waals surface area contributed by atoms with E-state index in [-0.39, 0.29) is 12.1 Å². The largest absolute Gasteiger partial charge is 0.491 e. The van der Waals surface area contributed by atoms with Gasteiger partial charge in [-0.25, -0.2) is 0 Å². The van der Waals surface area contributed by atoms with Gasteiger partial charge in [0.2, 0.25) is 0 Å². The summed E-state index contributed by atoms with van der Waals surface area (Å²) in [5, 5.41) is 0. The summed E-state index contributed by atoms with van der Waals surface area (Å²) < 4.78 is 5.78. The van der Waals surface area contributed by atoms with Crippen molar-refractivity contribution >= 4 is 0 Å². The number of hydrogen-bond acceptors (Lipinski definition) is 3. The number of fused-ring (bicyclic) bond motifs is 1. The molecule has 0 amide bonds. The maximum atomic E-state index is 5.81. The second-order valence-electron chi connectivity index (χ2n) is 6.22. The van der Waals surface area contributed by atoms with Gasteiger partial charge in [-0.3, -0.25) is 11.3 Å². The van der Waals surface area contributed by atoms with E-state index in [2.05, 4.69) is 37.5 Å². The summed E-state index contributed by atoms with van der Waals surface area (Å²) >= 11 is 0. The van der Waals surface area contributed by atoms with Crippen molar-refractivity contribution in [1.82, 2.24) is 5.43 Å². The van der Waals surface area contributed by atoms with Crippen LogP contribution in [0.5, 0.6) is 5.75 Å². The monoisotopic (exact) mass is 260 g/mol. The summed E-state index contributed by atoms with van der Waals surface area (Å²) in [6.07, 6.45) is 4.38. The zero-order chi connectivity index (χ0) is 13.4. The van der Waals surface area contributed by atoms with Crippen molar-refractivity contribution in [3.63, 3.8) is 0 Å². The Labute approximate surface area is 115 Å². The van der Waals surface area contributed by atoms with Crippen molar-refractivity contribution in [2.45, 2.75) is 45.3 Å². The molecule has 1 aromatic rings. The summed E-state index contributed by atoms with van der Waals surface area (Å²) in [5.41, 5.74) is 4.30. The number of nitrogens with two attached hydrogens (primary N) is 1. The lowest BCUT2D eigenvalue weighted by Gasteiger charge is -2.19. The summed E-state index contributed by atoms with van der Waals surface area (Å²) in [7, 11) is 0. The molecule has 0 heterocycles. The minimum Gasteiger partial charge on any atom is -0.491 e. The predicted molar refractivity (Wildman–Crippen MR) is 76.6 cm³/mol. The van der Waals surface area contributed by atoms with Crippen LogP contribution in [0.15, 0.2) is 24.3 Å². The van der Waals surface area contributed by atoms with E-state index in [1.54, 1.807) is 0 Å². The average Bonchev–Trinajstić information content (AvgIpc) is 2.84. The van der Waals surface area contributed by atoms with Crippen LogP contribution >= 0.6 is 0 Å². The molecule has 0 bridgehead atoms. The molecule has 2 aliphatic carbocycles. The third-order valence-corrected chi connectivity index (χ3v) is 4.63. The molecule has 19 heavy (non-hydrogen) atoms. The van der Waals surface area contributed by atoms with Crippen LogP contribution in [0.3, 0.4) is 0 Å². The number of hydrazine groups is 1. The number of benzene rings is 1. The van der Waals surface area contributed by atoms with E-state index in [0.717, 1.165) is 23.5 Å². The van der Waals surface area contributed by atoms with Crippen molar-refractivity contribution in [2.75, 3.05) is 0 Å². The highest BCUT2D eigenvalue weighted by Crippen LogP contribution is 2.62. The first kappa shape index (κ1) is 12.9. The van der Waals surface area contributed by atoms with Gasteiger partial charge in [0.25, 0.3) is 0 Å². The molecule has 0 spiro atoms. The Bertz CT molecular complexity index is 436. The Morgan fingerprint density at radius 1 is 1.26 bits per heavy atom. The molecular weight excluding hydrogens is 236 g/mol. The fraction of sp³-hybridized carbons (Fsp3) is 0.625. The molecule has 3 N–H and O–H groups in total. The van der Waals surface area contributed by atoms with Gasteiger partial charge in [-0.1, -0.05) is 18.6 Å². The van der Waals surface area contributed by atoms with Crippen molar-refractivity contribution in [2.24, 2.45) is 23.6 Å². The number of hydrogen-bond donors (Lipinski definition) is 2. The minimum absolute atomic E-state index is 0.208. The maximum Gasteiger partial charge on any atom is 0.120 e. The molecule has 0 aliphatic heterocycles. The SMILES string of the molecule is CC(C)Oc1cccc(C(NN)C2C3CCCC32)c1. The van der Waals surface area contributed by atoms with Crippen LogP contribution in [-0.4, -0.2) is 6.10 Å². The van der Waals surface area contributed by atoms with E-state index in [1.807, 2.05) is 6.07 Å². The van der Waals surface area contributed by atoms with Gasteiger partial charge < -0.3 is 4.74 Å². The number of rotatable bonds is 5. The van der Waals surface area contributed by atoms with Crippen molar-refractivity contribution < 1.29 is 4.74 Å². The highest BCUT2D eigenvalue weighted by Gasteiger charge is 2.55. The van der Waals surface area contributed by atoms with Gasteiger partial charge in [0.1, 0.15) is 5.75 Å². The molecular formula is C16H24N2O. The number of ether oxygens (including phenoxy) is 1. The Morgan fingerprint density at radius 3 is 2.63 bits per heavy atom. The third kappa shape index (κ3) is 2.49. The van der Waals surface area contributed by atoms with Crippen LogP contribution in [0.25, 0.3) is 0 Å². The van der Waals surface area contributed by atoms with Crippen molar-refractivity contribution in [3.05, 3.63) is 29.8 Å². The van der Waals surface area contributed by atoms with Gasteiger partial charge in [0, 0.05) is 6.04 Å². The van der Waals surface area contributed by atoms with Crippen LogP contribution in [0.2, 0.25) is 0 Å². The van der Waals surface area contributed by atoms with Crippen molar-refractivity contribution in [1.29, 1.82) is 0 Å². The molecule has 1 aromatic carbocycles. The van der Waals surface area contributed by atoms with Crippen molar-refractivity contribution in [3.8, 4) is 5.75 Å². The van der Waals surface area contributed by atoms with Gasteiger partial charge in [0.05, 0.1) is 6.10 Å². The predicted octanol–water partition coefficient (Wildman–Crippen LogP) is 3.02. The van der Waals surface area contributed by atoms with E-state index in [4.69, 9.17) is 10.6 Å². The van der Waals surface area contributed by atoms with E-state index < -0.39 is 0 Å². The fourth-order valence-electron chi connectivity index (χ4n) is 3.85. The standard InChI is InChI=1S/C16H24N2O/c1-10(2)19-12-6-3-5-11(9-12)16(18-17)15-13-7-4-8-14(13)15/h3,5-6,9-10,13-16,18H,4,7-8,17H2,1-2H3. The first-order valence-corrected chi connectivity index (χ1v) is 7.43. The lowest BCUT2D eigenvalue weighted by atomic mass is 9.97. The molecule has 0 radical (unpaired) electrons. The zero-order valence-electron chi connectivity index (χ0n) is 11.8. The smallest absolute Gasteiger partial charge is 0.120 e. The van der Waals surface area contributed by atoms with E-state index >= 15 is 0 Å². The molecule has 2 saturated carbocycles. The molecule has 3 atom stereocenters. The van der Waals surface area contributed by atoms with Crippen LogP contribution in [-0.2, 0) is 0 Å². The Morgan fingerprint density at radius 2 is 2.00 bits per heavy atom. The first-order valence-electron chi connectivity index (χ1n) is 7.43. The van der Waals surface area contributed by atoms with Gasteiger partial charge in [0.15, 0.2) is 0 Å². The minimum atomic E-state index is 0.208. The Balaban J connectivity index is 1.76. The summed E-state index contributed by atoms with van der Waals surface area (Å²) in [4.78, 5) is 0. The van der Waals surface area contributed by atoms with Crippen LogP contribution < -0.4 is 16.0 Å². The molecule has 2 fully saturated rings. The summed E-state index contributed by atoms with van der Waals surface area (Å²) in [6.45, 7) is 4.10. The molecule has 0 saturated heterocycles. The molecule has 3 nitrogen and oxygen atoms in total. The first-order chi connectivity index (χ1) is 9.20. The summed E-state index contributed by atoms with van der Waals surface area (Å²) in [5.74, 6) is 9.28. The second-order valence-corrected chi connectivity index (χ2v) is 6.22. The Kier molecular flexibility index (Phi) is 3.50. The average molecular weight is 260 g/mol. The summed E-state index contributed by atoms with van der Waals surface area (Å²) in [6, 6.07) is 8.66. The molecule has 3 rings (SSSR count). The molecule has 2 aliphatic rings. The van der Waals surface area contributed by atoms with Crippen LogP contribution in [0.4, 0.5) is 0 Å². The highest BCUT2D eigenvalue weighted by atomic mass is 16.5. The van der Waals surface area contributed by atoms with Gasteiger partial charge >= 0.3 is 0 Å². The highest BCUT2D eigenvalue weighted by molar-refractivity contribution is 5.32. The topological polar surface area (TPSA) is 47.3 Å². The number of nitrogens with one attached hydrogen (secondary N) is 1. The van der Waals surface area contributed by atoms with Gasteiger partial charge in [-0.05, 0) is 62.1 Å². The Hall–Kier alpha value is -1.06. The van der Waals surface area contributed by atoms with Gasteiger partial charge in [-0.15, -0.1) is 0 Å². The molecule has 3 heteroatoms. The quantitative estimate of drug-likeness (QED) is 0.632. The molecule has 0 aromatic heterocycles. The van der Waals surface area contributed by atoms with Crippen LogP contribution in [0, 0.1) is 17.8 Å². The molecule has 3 unspecified atom stereocenters. The van der Waals surface area contributed by atoms with E-state index in [0.29, 0.717) is 0 Å². The lowest BCUT2D eigenvalue weighted by Crippen LogP contribution is -2.30. The van der Waals surface area contributed by atoms with Crippen LogP contribution in [0.1, 0.15) is 44.7 Å². The lowest BCUT2D eigenvalue weighted by molar-refractivity contribution is 0.242. The fourth-order valence-corrected chi connectivity index (χ4v) is 3.85. The second kappa shape index (κ2) is 5.14. The van der Waals surface area contributed by atoms with E-state index in [1.165, 1.54) is 24.8 Å².